The first-order valence-corrected chi connectivity index (χ1v) is 9.59. The van der Waals surface area contributed by atoms with E-state index < -0.39 is 17.2 Å². The Hall–Kier alpha value is -2.48. The smallest absolute Gasteiger partial charge is 0.341 e. The number of fused-ring (bicyclic) bond motifs is 1. The Morgan fingerprint density at radius 3 is 2.64 bits per heavy atom. The second-order valence-electron chi connectivity index (χ2n) is 8.82. The van der Waals surface area contributed by atoms with Crippen LogP contribution >= 0.6 is 0 Å². The summed E-state index contributed by atoms with van der Waals surface area (Å²) < 4.78 is 16.7. The summed E-state index contributed by atoms with van der Waals surface area (Å²) in [5.41, 5.74) is 5.33. The number of anilines is 1. The van der Waals surface area contributed by atoms with Gasteiger partial charge in [0.1, 0.15) is 11.2 Å². The molecule has 3 N–H and O–H groups in total. The predicted octanol–water partition coefficient (Wildman–Crippen LogP) is 2.38. The maximum absolute atomic E-state index is 15.0. The first-order valence-electron chi connectivity index (χ1n) is 9.59. The zero-order chi connectivity index (χ0) is 20.4. The number of nitrogens with zero attached hydrogens (tertiary/aromatic N) is 3. The van der Waals surface area contributed by atoms with Crippen molar-refractivity contribution in [1.82, 2.24) is 9.55 Å². The van der Waals surface area contributed by atoms with Crippen molar-refractivity contribution in [3.05, 3.63) is 33.9 Å². The summed E-state index contributed by atoms with van der Waals surface area (Å²) in [7, 11) is 0. The molecule has 0 spiro atoms. The highest BCUT2D eigenvalue weighted by Gasteiger charge is 2.42. The van der Waals surface area contributed by atoms with Crippen LogP contribution in [0.1, 0.15) is 50.0 Å². The molecule has 8 heteroatoms. The fourth-order valence-electron chi connectivity index (χ4n) is 4.44. The molecule has 150 valence electrons. The van der Waals surface area contributed by atoms with Crippen molar-refractivity contribution in [2.75, 3.05) is 18.0 Å². The van der Waals surface area contributed by atoms with Crippen molar-refractivity contribution in [3.63, 3.8) is 0 Å². The largest absolute Gasteiger partial charge is 0.477 e. The molecule has 2 aliphatic rings. The lowest BCUT2D eigenvalue weighted by molar-refractivity contribution is 0.0695. The molecule has 1 saturated carbocycles. The third-order valence-corrected chi connectivity index (χ3v) is 6.06. The predicted molar refractivity (Wildman–Crippen MR) is 104 cm³/mol. The van der Waals surface area contributed by atoms with Gasteiger partial charge in [0.25, 0.3) is 0 Å². The normalized spacial score (nSPS) is 22.6. The number of carboxylic acid groups (broad SMARTS) is 1. The first kappa shape index (κ1) is 18.9. The molecule has 2 aromatic rings. The van der Waals surface area contributed by atoms with E-state index in [1.807, 2.05) is 11.8 Å². The number of nitrogens with two attached hydrogens (primary N) is 1. The number of rotatable bonds is 4. The van der Waals surface area contributed by atoms with Gasteiger partial charge in [0.15, 0.2) is 11.6 Å². The van der Waals surface area contributed by atoms with E-state index >= 15 is 0 Å². The topological polar surface area (TPSA) is 101 Å². The average molecular weight is 388 g/mol. The van der Waals surface area contributed by atoms with E-state index in [2.05, 4.69) is 18.8 Å². The van der Waals surface area contributed by atoms with Gasteiger partial charge in [-0.3, -0.25) is 4.79 Å². The Labute approximate surface area is 162 Å². The molecule has 0 bridgehead atoms. The van der Waals surface area contributed by atoms with Crippen molar-refractivity contribution in [2.45, 2.75) is 45.7 Å². The van der Waals surface area contributed by atoms with Crippen LogP contribution in [0, 0.1) is 17.2 Å². The van der Waals surface area contributed by atoms with Gasteiger partial charge in [-0.15, -0.1) is 0 Å². The molecule has 1 aliphatic carbocycles. The van der Waals surface area contributed by atoms with Crippen molar-refractivity contribution in [3.8, 4) is 0 Å². The second kappa shape index (κ2) is 6.27. The number of hydrogen-bond donors (Lipinski definition) is 2. The van der Waals surface area contributed by atoms with E-state index in [1.54, 1.807) is 4.57 Å². The molecule has 3 heterocycles. The van der Waals surface area contributed by atoms with E-state index in [1.165, 1.54) is 6.20 Å². The molecule has 4 rings (SSSR count). The molecule has 2 atom stereocenters. The fraction of sp³-hybridized carbons (Fsp3) is 0.550. The molecular weight excluding hydrogens is 363 g/mol. The molecule has 0 radical (unpaired) electrons. The van der Waals surface area contributed by atoms with Crippen molar-refractivity contribution < 1.29 is 14.3 Å². The van der Waals surface area contributed by atoms with Crippen LogP contribution in [0.25, 0.3) is 11.0 Å². The van der Waals surface area contributed by atoms with Crippen molar-refractivity contribution in [2.24, 2.45) is 17.1 Å². The monoisotopic (exact) mass is 388 g/mol. The van der Waals surface area contributed by atoms with Gasteiger partial charge in [-0.2, -0.15) is 0 Å². The van der Waals surface area contributed by atoms with Crippen LogP contribution < -0.4 is 16.1 Å². The van der Waals surface area contributed by atoms with Crippen LogP contribution in [-0.2, 0) is 0 Å². The molecule has 1 saturated heterocycles. The quantitative estimate of drug-likeness (QED) is 0.834. The number of aromatic nitrogens is 2. The maximum atomic E-state index is 15.0. The van der Waals surface area contributed by atoms with Crippen LogP contribution in [0.4, 0.5) is 10.2 Å². The number of aromatic carboxylic acids is 1. The molecule has 1 aliphatic heterocycles. The summed E-state index contributed by atoms with van der Waals surface area (Å²) in [6, 6.07) is 1.20. The molecule has 2 unspecified atom stereocenters. The Morgan fingerprint density at radius 2 is 2.11 bits per heavy atom. The lowest BCUT2D eigenvalue weighted by Crippen LogP contribution is -2.36. The minimum absolute atomic E-state index is 0.00949. The first-order chi connectivity index (χ1) is 13.1. The van der Waals surface area contributed by atoms with E-state index in [0.717, 1.165) is 18.9 Å². The SMILES string of the molecule is CC(N)C1CN(c2nc3c(cc2F)c(=O)c(C(=O)O)cn3C2CC2)CC1(C)C. The third-order valence-electron chi connectivity index (χ3n) is 6.06. The number of carbonyl (C=O) groups is 1. The second-order valence-corrected chi connectivity index (χ2v) is 8.82. The highest BCUT2D eigenvalue weighted by atomic mass is 19.1. The van der Waals surface area contributed by atoms with Gasteiger partial charge in [-0.05, 0) is 37.2 Å². The maximum Gasteiger partial charge on any atom is 0.341 e. The lowest BCUT2D eigenvalue weighted by Gasteiger charge is -2.27. The van der Waals surface area contributed by atoms with Crippen LogP contribution in [0.5, 0.6) is 0 Å². The lowest BCUT2D eigenvalue weighted by atomic mass is 9.78. The van der Waals surface area contributed by atoms with Crippen LogP contribution in [0.3, 0.4) is 0 Å². The molecular formula is C20H25FN4O3. The van der Waals surface area contributed by atoms with Gasteiger partial charge in [0.05, 0.1) is 5.39 Å². The Morgan fingerprint density at radius 1 is 1.43 bits per heavy atom. The minimum Gasteiger partial charge on any atom is -0.477 e. The van der Waals surface area contributed by atoms with Gasteiger partial charge in [-0.25, -0.2) is 14.2 Å². The summed E-state index contributed by atoms with van der Waals surface area (Å²) in [5, 5.41) is 9.35. The average Bonchev–Trinajstić information content (AvgIpc) is 3.38. The number of halogens is 1. The van der Waals surface area contributed by atoms with E-state index in [0.29, 0.717) is 18.7 Å². The molecule has 0 amide bonds. The summed E-state index contributed by atoms with van der Waals surface area (Å²) in [6.45, 7) is 7.37. The molecule has 2 aromatic heterocycles. The van der Waals surface area contributed by atoms with Crippen LogP contribution in [-0.4, -0.2) is 39.8 Å². The van der Waals surface area contributed by atoms with Crippen molar-refractivity contribution in [1.29, 1.82) is 0 Å². The number of hydrogen-bond acceptors (Lipinski definition) is 5. The molecule has 7 nitrogen and oxygen atoms in total. The summed E-state index contributed by atoms with van der Waals surface area (Å²) in [6.07, 6.45) is 3.11. The Kier molecular flexibility index (Phi) is 4.22. The van der Waals surface area contributed by atoms with E-state index in [-0.39, 0.29) is 40.2 Å². The minimum atomic E-state index is -1.31. The van der Waals surface area contributed by atoms with Gasteiger partial charge in [0.2, 0.25) is 5.43 Å². The van der Waals surface area contributed by atoms with Gasteiger partial charge < -0.3 is 20.3 Å². The van der Waals surface area contributed by atoms with Gasteiger partial charge in [0, 0.05) is 31.4 Å². The highest BCUT2D eigenvalue weighted by Crippen LogP contribution is 2.40. The fourth-order valence-corrected chi connectivity index (χ4v) is 4.44. The van der Waals surface area contributed by atoms with Crippen LogP contribution in [0.15, 0.2) is 17.1 Å². The van der Waals surface area contributed by atoms with Gasteiger partial charge >= 0.3 is 5.97 Å². The molecule has 2 fully saturated rings. The Balaban J connectivity index is 1.87. The standard InChI is InChI=1S/C20H25FN4O3/c1-10(22)14-8-24(9-20(14,2)3)18-15(21)6-12-16(26)13(19(27)28)7-25(11-4-5-11)17(12)23-18/h6-7,10-11,14H,4-5,8-9,22H2,1-3H3,(H,27,28). The zero-order valence-electron chi connectivity index (χ0n) is 16.3. The van der Waals surface area contributed by atoms with E-state index in [4.69, 9.17) is 5.73 Å². The molecule has 0 aromatic carbocycles. The molecule has 28 heavy (non-hydrogen) atoms. The van der Waals surface area contributed by atoms with E-state index in [9.17, 15) is 19.1 Å². The summed E-state index contributed by atoms with van der Waals surface area (Å²) in [4.78, 5) is 30.4. The van der Waals surface area contributed by atoms with Crippen molar-refractivity contribution >= 4 is 22.8 Å². The number of pyridine rings is 2. The van der Waals surface area contributed by atoms with Gasteiger partial charge in [-0.1, -0.05) is 13.8 Å². The summed E-state index contributed by atoms with van der Waals surface area (Å²) in [5.74, 6) is -1.55. The van der Waals surface area contributed by atoms with Crippen LogP contribution in [0.2, 0.25) is 0 Å². The summed E-state index contributed by atoms with van der Waals surface area (Å²) >= 11 is 0. The number of carboxylic acids is 1. The third kappa shape index (κ3) is 2.96. The Bertz CT molecular complexity index is 1030. The zero-order valence-corrected chi connectivity index (χ0v) is 16.3. The highest BCUT2D eigenvalue weighted by molar-refractivity contribution is 5.92.